The van der Waals surface area contributed by atoms with Gasteiger partial charge in [0.1, 0.15) is 0 Å². The van der Waals surface area contributed by atoms with Crippen molar-refractivity contribution in [2.45, 2.75) is 36.1 Å². The Morgan fingerprint density at radius 1 is 1.36 bits per heavy atom. The lowest BCUT2D eigenvalue weighted by molar-refractivity contribution is -0.119. The number of nitrogens with zero attached hydrogens (tertiary/aromatic N) is 1. The van der Waals surface area contributed by atoms with Crippen LogP contribution in [0.4, 0.5) is 0 Å². The third kappa shape index (κ3) is 3.80. The molecule has 3 rings (SSSR count). The molecule has 1 aromatic carbocycles. The molecule has 1 aliphatic carbocycles. The number of fused-ring (bicyclic) bond motifs is 1. The Labute approximate surface area is 138 Å². The van der Waals surface area contributed by atoms with Crippen LogP contribution in [0.25, 0.3) is 10.2 Å². The molecule has 4 nitrogen and oxygen atoms in total. The van der Waals surface area contributed by atoms with Crippen molar-refractivity contribution < 1.29 is 4.79 Å². The number of para-hydroxylation sites is 1. The summed E-state index contributed by atoms with van der Waals surface area (Å²) in [5.74, 6) is 0.952. The van der Waals surface area contributed by atoms with E-state index in [2.05, 4.69) is 16.4 Å². The van der Waals surface area contributed by atoms with Crippen LogP contribution in [0.15, 0.2) is 28.6 Å². The van der Waals surface area contributed by atoms with Gasteiger partial charge in [0.05, 0.1) is 16.0 Å². The van der Waals surface area contributed by atoms with Crippen molar-refractivity contribution in [2.24, 2.45) is 11.7 Å². The summed E-state index contributed by atoms with van der Waals surface area (Å²) in [5.41, 5.74) is 6.82. The average Bonchev–Trinajstić information content (AvgIpc) is 2.96. The molecule has 0 bridgehead atoms. The lowest BCUT2D eigenvalue weighted by Crippen LogP contribution is -2.45. The fourth-order valence-corrected chi connectivity index (χ4v) is 4.85. The molecular formula is C16H21N3OS2. The summed E-state index contributed by atoms with van der Waals surface area (Å²) in [6.45, 7) is 0.663. The monoisotopic (exact) mass is 335 g/mol. The maximum absolute atomic E-state index is 12.2. The Hall–Kier alpha value is -1.11. The van der Waals surface area contributed by atoms with Crippen molar-refractivity contribution in [3.8, 4) is 0 Å². The topological polar surface area (TPSA) is 68.0 Å². The van der Waals surface area contributed by atoms with Crippen molar-refractivity contribution in [3.63, 3.8) is 0 Å². The van der Waals surface area contributed by atoms with Gasteiger partial charge in [-0.25, -0.2) is 4.98 Å². The van der Waals surface area contributed by atoms with E-state index in [0.29, 0.717) is 18.2 Å². The first kappa shape index (κ1) is 15.8. The number of thioether (sulfide) groups is 1. The van der Waals surface area contributed by atoms with E-state index in [-0.39, 0.29) is 11.9 Å². The molecule has 3 N–H and O–H groups in total. The highest BCUT2D eigenvalue weighted by atomic mass is 32.2. The van der Waals surface area contributed by atoms with E-state index in [4.69, 9.17) is 5.73 Å². The first-order valence-corrected chi connectivity index (χ1v) is 9.54. The first-order chi connectivity index (χ1) is 10.8. The fraction of sp³-hybridized carbons (Fsp3) is 0.500. The second kappa shape index (κ2) is 7.44. The quantitative estimate of drug-likeness (QED) is 0.824. The van der Waals surface area contributed by atoms with Crippen LogP contribution in [0, 0.1) is 5.92 Å². The number of nitrogens with one attached hydrogen (secondary N) is 1. The van der Waals surface area contributed by atoms with Crippen LogP contribution in [0.2, 0.25) is 0 Å². The maximum atomic E-state index is 12.2. The van der Waals surface area contributed by atoms with Crippen molar-refractivity contribution in [3.05, 3.63) is 24.3 Å². The highest BCUT2D eigenvalue weighted by molar-refractivity contribution is 8.01. The van der Waals surface area contributed by atoms with Gasteiger partial charge in [-0.1, -0.05) is 36.7 Å². The van der Waals surface area contributed by atoms with Gasteiger partial charge in [-0.05, 0) is 37.4 Å². The van der Waals surface area contributed by atoms with Crippen LogP contribution in [0.5, 0.6) is 0 Å². The summed E-state index contributed by atoms with van der Waals surface area (Å²) in [6.07, 6.45) is 4.60. The van der Waals surface area contributed by atoms with Gasteiger partial charge in [-0.15, -0.1) is 11.3 Å². The van der Waals surface area contributed by atoms with Gasteiger partial charge in [-0.3, -0.25) is 4.79 Å². The number of benzene rings is 1. The van der Waals surface area contributed by atoms with Crippen LogP contribution in [-0.2, 0) is 4.79 Å². The van der Waals surface area contributed by atoms with Crippen molar-refractivity contribution in [1.82, 2.24) is 10.3 Å². The van der Waals surface area contributed by atoms with Gasteiger partial charge in [-0.2, -0.15) is 0 Å². The van der Waals surface area contributed by atoms with Gasteiger partial charge >= 0.3 is 0 Å². The number of carbonyl (C=O) groups excluding carboxylic acids is 1. The number of thiazole rings is 1. The molecule has 1 amide bonds. The van der Waals surface area contributed by atoms with E-state index >= 15 is 0 Å². The number of nitrogens with two attached hydrogens (primary N) is 1. The van der Waals surface area contributed by atoms with Crippen LogP contribution in [0.1, 0.15) is 25.7 Å². The van der Waals surface area contributed by atoms with Gasteiger partial charge in [0.25, 0.3) is 0 Å². The third-order valence-corrected chi connectivity index (χ3v) is 6.34. The molecule has 2 unspecified atom stereocenters. The van der Waals surface area contributed by atoms with Crippen molar-refractivity contribution in [2.75, 3.05) is 12.3 Å². The fourth-order valence-electron chi connectivity index (χ4n) is 2.97. The minimum atomic E-state index is 0.0922. The number of carbonyl (C=O) groups is 1. The minimum Gasteiger partial charge on any atom is -0.352 e. The number of amides is 1. The smallest absolute Gasteiger partial charge is 0.230 e. The molecule has 2 atom stereocenters. The summed E-state index contributed by atoms with van der Waals surface area (Å²) < 4.78 is 2.12. The van der Waals surface area contributed by atoms with Gasteiger partial charge in [0, 0.05) is 6.04 Å². The summed E-state index contributed by atoms with van der Waals surface area (Å²) in [5, 5.41) is 3.16. The molecule has 1 heterocycles. The molecule has 0 radical (unpaired) electrons. The van der Waals surface area contributed by atoms with Crippen molar-refractivity contribution in [1.29, 1.82) is 0 Å². The zero-order chi connectivity index (χ0) is 15.4. The molecule has 0 spiro atoms. The first-order valence-electron chi connectivity index (χ1n) is 7.74. The Morgan fingerprint density at radius 3 is 3.00 bits per heavy atom. The predicted octanol–water partition coefficient (Wildman–Crippen LogP) is 3.02. The largest absolute Gasteiger partial charge is 0.352 e. The molecule has 1 aliphatic rings. The zero-order valence-corrected chi connectivity index (χ0v) is 14.1. The Morgan fingerprint density at radius 2 is 2.18 bits per heavy atom. The third-order valence-electron chi connectivity index (χ3n) is 4.16. The summed E-state index contributed by atoms with van der Waals surface area (Å²) in [7, 11) is 0. The maximum Gasteiger partial charge on any atom is 0.230 e. The molecule has 1 fully saturated rings. The van der Waals surface area contributed by atoms with E-state index in [1.54, 1.807) is 11.3 Å². The average molecular weight is 335 g/mol. The molecule has 1 saturated carbocycles. The lowest BCUT2D eigenvalue weighted by Gasteiger charge is -2.31. The Kier molecular flexibility index (Phi) is 5.33. The Bertz CT molecular complexity index is 610. The second-order valence-electron chi connectivity index (χ2n) is 5.69. The highest BCUT2D eigenvalue weighted by Gasteiger charge is 2.25. The normalized spacial score (nSPS) is 21.9. The predicted molar refractivity (Wildman–Crippen MR) is 93.3 cm³/mol. The van der Waals surface area contributed by atoms with E-state index in [0.717, 1.165) is 22.7 Å². The van der Waals surface area contributed by atoms with Crippen LogP contribution in [-0.4, -0.2) is 29.2 Å². The summed E-state index contributed by atoms with van der Waals surface area (Å²) >= 11 is 3.16. The molecule has 0 aliphatic heterocycles. The molecule has 118 valence electrons. The van der Waals surface area contributed by atoms with E-state index in [9.17, 15) is 4.79 Å². The highest BCUT2D eigenvalue weighted by Crippen LogP contribution is 2.29. The summed E-state index contributed by atoms with van der Waals surface area (Å²) in [4.78, 5) is 16.7. The summed E-state index contributed by atoms with van der Waals surface area (Å²) in [6, 6.07) is 8.31. The molecule has 6 heteroatoms. The standard InChI is InChI=1S/C16H21N3OS2/c17-9-11-5-1-2-6-12(11)18-15(20)10-21-16-19-13-7-3-4-8-14(13)22-16/h3-4,7-8,11-12H,1-2,5-6,9-10,17H2,(H,18,20). The molecule has 2 aromatic rings. The van der Waals surface area contributed by atoms with E-state index < -0.39 is 0 Å². The Balaban J connectivity index is 1.53. The lowest BCUT2D eigenvalue weighted by atomic mass is 9.84. The number of aromatic nitrogens is 1. The van der Waals surface area contributed by atoms with E-state index in [1.807, 2.05) is 18.2 Å². The molecular weight excluding hydrogens is 314 g/mol. The number of hydrogen-bond donors (Lipinski definition) is 2. The SMILES string of the molecule is NCC1CCCCC1NC(=O)CSc1nc2ccccc2s1. The van der Waals surface area contributed by atoms with E-state index in [1.165, 1.54) is 29.3 Å². The minimum absolute atomic E-state index is 0.0922. The van der Waals surface area contributed by atoms with Crippen LogP contribution >= 0.6 is 23.1 Å². The van der Waals surface area contributed by atoms with Gasteiger partial charge in [0.15, 0.2) is 4.34 Å². The second-order valence-corrected chi connectivity index (χ2v) is 7.94. The molecule has 22 heavy (non-hydrogen) atoms. The van der Waals surface area contributed by atoms with Gasteiger partial charge < -0.3 is 11.1 Å². The van der Waals surface area contributed by atoms with Crippen LogP contribution < -0.4 is 11.1 Å². The molecule has 1 aromatic heterocycles. The zero-order valence-electron chi connectivity index (χ0n) is 12.5. The number of rotatable bonds is 5. The van der Waals surface area contributed by atoms with Crippen LogP contribution in [0.3, 0.4) is 0 Å². The number of hydrogen-bond acceptors (Lipinski definition) is 5. The van der Waals surface area contributed by atoms with Crippen molar-refractivity contribution >= 4 is 39.2 Å². The van der Waals surface area contributed by atoms with Gasteiger partial charge in [0.2, 0.25) is 5.91 Å². The molecule has 0 saturated heterocycles.